The Morgan fingerprint density at radius 2 is 1.81 bits per heavy atom. The van der Waals surface area contributed by atoms with Crippen LogP contribution in [0.5, 0.6) is 0 Å². The Hall–Kier alpha value is -2.37. The van der Waals surface area contributed by atoms with Gasteiger partial charge in [-0.05, 0) is 99.5 Å². The zero-order valence-corrected chi connectivity index (χ0v) is 22.3. The number of anilines is 1. The lowest BCUT2D eigenvalue weighted by atomic mass is 9.62. The Kier molecular flexibility index (Phi) is 9.44. The molecule has 1 aliphatic heterocycles. The average Bonchev–Trinajstić information content (AvgIpc) is 2.85. The molecule has 36 heavy (non-hydrogen) atoms. The highest BCUT2D eigenvalue weighted by Gasteiger charge is 2.40. The maximum Gasteiger partial charge on any atom is 0.224 e. The van der Waals surface area contributed by atoms with E-state index in [1.165, 1.54) is 17.5 Å². The summed E-state index contributed by atoms with van der Waals surface area (Å²) in [6.07, 6.45) is 8.55. The van der Waals surface area contributed by atoms with Gasteiger partial charge in [0.25, 0.3) is 0 Å². The van der Waals surface area contributed by atoms with Crippen molar-refractivity contribution in [3.63, 3.8) is 0 Å². The van der Waals surface area contributed by atoms with Crippen molar-refractivity contribution in [2.75, 3.05) is 31.5 Å². The predicted molar refractivity (Wildman–Crippen MR) is 148 cm³/mol. The molecule has 2 N–H and O–H groups in total. The fourth-order valence-corrected chi connectivity index (χ4v) is 5.81. The Labute approximate surface area is 221 Å². The van der Waals surface area contributed by atoms with Crippen LogP contribution < -0.4 is 10.6 Å². The highest BCUT2D eigenvalue weighted by atomic mass is 35.5. The molecule has 6 heteroatoms. The van der Waals surface area contributed by atoms with Crippen LogP contribution in [0.4, 0.5) is 5.69 Å². The van der Waals surface area contributed by atoms with Gasteiger partial charge in [-0.2, -0.15) is 0 Å². The van der Waals surface area contributed by atoms with Crippen LogP contribution in [0.2, 0.25) is 5.02 Å². The van der Waals surface area contributed by atoms with Crippen LogP contribution in [0.25, 0.3) is 0 Å². The van der Waals surface area contributed by atoms with Crippen LogP contribution >= 0.6 is 11.6 Å². The van der Waals surface area contributed by atoms with E-state index in [1.54, 1.807) is 0 Å². The molecule has 1 aliphatic carbocycles. The Balaban J connectivity index is 1.15. The van der Waals surface area contributed by atoms with Gasteiger partial charge in [0.05, 0.1) is 0 Å². The fourth-order valence-electron chi connectivity index (χ4n) is 5.69. The van der Waals surface area contributed by atoms with Crippen molar-refractivity contribution < 1.29 is 9.59 Å². The molecule has 0 radical (unpaired) electrons. The minimum atomic E-state index is -0.00727. The first kappa shape index (κ1) is 26.7. The van der Waals surface area contributed by atoms with E-state index in [4.69, 9.17) is 11.6 Å². The van der Waals surface area contributed by atoms with Gasteiger partial charge in [0.15, 0.2) is 0 Å². The molecule has 1 heterocycles. The SMILES string of the molecule is CCCC(=O)Nc1cccc(C2CCN(CCCNC(=O)CC3(c4ccc(Cl)cc4)CCC3)CC2)c1. The first-order chi connectivity index (χ1) is 17.5. The average molecular weight is 510 g/mol. The number of piperidine rings is 1. The minimum Gasteiger partial charge on any atom is -0.356 e. The van der Waals surface area contributed by atoms with E-state index in [-0.39, 0.29) is 17.2 Å². The highest BCUT2D eigenvalue weighted by Crippen LogP contribution is 2.46. The normalized spacial score (nSPS) is 17.8. The standard InChI is InChI=1S/C30H40ClN3O2/c1-2-6-28(35)33-27-8-3-7-24(21-27)23-13-19-34(20-14-23)18-5-17-32-29(36)22-30(15-4-16-30)25-9-11-26(31)12-10-25/h3,7-12,21,23H,2,4-6,13-20,22H2,1H3,(H,32,36)(H,33,35). The van der Waals surface area contributed by atoms with E-state index in [9.17, 15) is 9.59 Å². The number of nitrogens with zero attached hydrogens (tertiary/aromatic N) is 1. The molecular weight excluding hydrogens is 470 g/mol. The summed E-state index contributed by atoms with van der Waals surface area (Å²) < 4.78 is 0. The maximum absolute atomic E-state index is 12.7. The summed E-state index contributed by atoms with van der Waals surface area (Å²) in [5.74, 6) is 0.786. The lowest BCUT2D eigenvalue weighted by molar-refractivity contribution is -0.123. The number of likely N-dealkylation sites (tertiary alicyclic amines) is 1. The molecule has 2 aromatic rings. The first-order valence-corrected chi connectivity index (χ1v) is 14.0. The van der Waals surface area contributed by atoms with Crippen LogP contribution in [0, 0.1) is 0 Å². The van der Waals surface area contributed by atoms with E-state index in [1.807, 2.05) is 31.2 Å². The number of hydrogen-bond acceptors (Lipinski definition) is 3. The number of carbonyl (C=O) groups is 2. The number of benzene rings is 2. The topological polar surface area (TPSA) is 61.4 Å². The maximum atomic E-state index is 12.7. The molecule has 2 amide bonds. The first-order valence-electron chi connectivity index (χ1n) is 13.6. The molecule has 194 valence electrons. The molecule has 0 bridgehead atoms. The molecule has 2 aromatic carbocycles. The molecule has 2 aliphatic rings. The summed E-state index contributed by atoms with van der Waals surface area (Å²) in [7, 11) is 0. The summed E-state index contributed by atoms with van der Waals surface area (Å²) in [4.78, 5) is 27.1. The predicted octanol–water partition coefficient (Wildman–Crippen LogP) is 6.28. The van der Waals surface area contributed by atoms with Gasteiger partial charge in [-0.25, -0.2) is 0 Å². The number of halogens is 1. The van der Waals surface area contributed by atoms with Gasteiger partial charge in [0.1, 0.15) is 0 Å². The van der Waals surface area contributed by atoms with Crippen molar-refractivity contribution in [2.45, 2.75) is 76.0 Å². The highest BCUT2D eigenvalue weighted by molar-refractivity contribution is 6.30. The second-order valence-corrected chi connectivity index (χ2v) is 11.0. The van der Waals surface area contributed by atoms with Gasteiger partial charge in [-0.15, -0.1) is 0 Å². The van der Waals surface area contributed by atoms with Gasteiger partial charge in [-0.1, -0.05) is 49.2 Å². The van der Waals surface area contributed by atoms with E-state index < -0.39 is 0 Å². The van der Waals surface area contributed by atoms with Crippen LogP contribution in [0.1, 0.15) is 81.8 Å². The van der Waals surface area contributed by atoms with Gasteiger partial charge < -0.3 is 15.5 Å². The second kappa shape index (κ2) is 12.7. The number of rotatable bonds is 11. The van der Waals surface area contributed by atoms with E-state index >= 15 is 0 Å². The second-order valence-electron chi connectivity index (χ2n) is 10.6. The molecule has 0 aromatic heterocycles. The molecule has 2 fully saturated rings. The van der Waals surface area contributed by atoms with E-state index in [0.29, 0.717) is 18.8 Å². The molecule has 0 spiro atoms. The summed E-state index contributed by atoms with van der Waals surface area (Å²) in [5, 5.41) is 6.93. The molecule has 1 saturated carbocycles. The van der Waals surface area contributed by atoms with Crippen molar-refractivity contribution in [3.8, 4) is 0 Å². The molecule has 4 rings (SSSR count). The smallest absolute Gasteiger partial charge is 0.224 e. The van der Waals surface area contributed by atoms with Gasteiger partial charge in [-0.3, -0.25) is 9.59 Å². The van der Waals surface area contributed by atoms with Crippen molar-refractivity contribution in [3.05, 3.63) is 64.7 Å². The molecular formula is C30H40ClN3O2. The van der Waals surface area contributed by atoms with E-state index in [0.717, 1.165) is 75.4 Å². The zero-order valence-electron chi connectivity index (χ0n) is 21.5. The van der Waals surface area contributed by atoms with Crippen LogP contribution in [0.15, 0.2) is 48.5 Å². The Bertz CT molecular complexity index is 1010. The van der Waals surface area contributed by atoms with Gasteiger partial charge >= 0.3 is 0 Å². The Morgan fingerprint density at radius 3 is 2.47 bits per heavy atom. The van der Waals surface area contributed by atoms with Crippen LogP contribution in [-0.4, -0.2) is 42.9 Å². The third-order valence-electron chi connectivity index (χ3n) is 7.95. The number of amides is 2. The summed E-state index contributed by atoms with van der Waals surface area (Å²) in [5.41, 5.74) is 3.46. The van der Waals surface area contributed by atoms with Crippen LogP contribution in [0.3, 0.4) is 0 Å². The minimum absolute atomic E-state index is 0.00727. The molecule has 1 saturated heterocycles. The van der Waals surface area contributed by atoms with Gasteiger partial charge in [0, 0.05) is 35.5 Å². The summed E-state index contributed by atoms with van der Waals surface area (Å²) in [6.45, 7) is 5.91. The van der Waals surface area contributed by atoms with Crippen molar-refractivity contribution in [1.82, 2.24) is 10.2 Å². The van der Waals surface area contributed by atoms with Crippen molar-refractivity contribution in [1.29, 1.82) is 0 Å². The molecule has 5 nitrogen and oxygen atoms in total. The quantitative estimate of drug-likeness (QED) is 0.350. The third kappa shape index (κ3) is 7.10. The van der Waals surface area contributed by atoms with Crippen LogP contribution in [-0.2, 0) is 15.0 Å². The van der Waals surface area contributed by atoms with Gasteiger partial charge in [0.2, 0.25) is 11.8 Å². The summed E-state index contributed by atoms with van der Waals surface area (Å²) in [6, 6.07) is 16.4. The molecule has 0 atom stereocenters. The molecule has 0 unspecified atom stereocenters. The van der Waals surface area contributed by atoms with E-state index in [2.05, 4.69) is 39.8 Å². The zero-order chi connectivity index (χ0) is 25.4. The lowest BCUT2D eigenvalue weighted by Crippen LogP contribution is -2.41. The number of hydrogen-bond donors (Lipinski definition) is 2. The van der Waals surface area contributed by atoms with Crippen molar-refractivity contribution in [2.24, 2.45) is 0 Å². The van der Waals surface area contributed by atoms with Crippen molar-refractivity contribution >= 4 is 29.1 Å². The largest absolute Gasteiger partial charge is 0.356 e. The fraction of sp³-hybridized carbons (Fsp3) is 0.533. The number of carbonyl (C=O) groups excluding carboxylic acids is 2. The lowest BCUT2D eigenvalue weighted by Gasteiger charge is -2.42. The summed E-state index contributed by atoms with van der Waals surface area (Å²) >= 11 is 6.05. The monoisotopic (exact) mass is 509 g/mol. The third-order valence-corrected chi connectivity index (χ3v) is 8.20. The number of nitrogens with one attached hydrogen (secondary N) is 2. The Morgan fingerprint density at radius 1 is 1.06 bits per heavy atom.